The van der Waals surface area contributed by atoms with E-state index >= 15 is 0 Å². The molecule has 2 aliphatic heterocycles. The molecule has 0 aromatic heterocycles. The number of methoxy groups -OCH3 is 1. The molecule has 32 heavy (non-hydrogen) atoms. The van der Waals surface area contributed by atoms with Gasteiger partial charge in [0, 0.05) is 0 Å². The van der Waals surface area contributed by atoms with Gasteiger partial charge < -0.3 is 4.74 Å². The second-order valence-corrected chi connectivity index (χ2v) is 8.04. The first-order valence-electron chi connectivity index (χ1n) is 10.5. The highest BCUT2D eigenvalue weighted by Gasteiger charge is 2.68. The molecule has 0 radical (unpaired) electrons. The minimum Gasteiger partial charge on any atom is -0.468 e. The Hall–Kier alpha value is -3.77. The minimum atomic E-state index is -1.07. The Balaban J connectivity index is 1.76. The van der Waals surface area contributed by atoms with Crippen molar-refractivity contribution in [3.8, 4) is 0 Å². The summed E-state index contributed by atoms with van der Waals surface area (Å²) in [6.07, 6.45) is 0. The zero-order valence-electron chi connectivity index (χ0n) is 17.5. The van der Waals surface area contributed by atoms with Crippen LogP contribution in [0.3, 0.4) is 0 Å². The summed E-state index contributed by atoms with van der Waals surface area (Å²) in [5.74, 6) is -3.01. The number of hydrogen-bond acceptors (Lipinski definition) is 5. The molecular weight excluding hydrogens is 404 g/mol. The predicted octanol–water partition coefficient (Wildman–Crippen LogP) is 2.88. The molecule has 0 spiro atoms. The van der Waals surface area contributed by atoms with Crippen LogP contribution in [-0.2, 0) is 24.7 Å². The van der Waals surface area contributed by atoms with Crippen LogP contribution in [0.1, 0.15) is 11.1 Å². The van der Waals surface area contributed by atoms with Crippen LogP contribution in [0.25, 0.3) is 0 Å². The van der Waals surface area contributed by atoms with Gasteiger partial charge in [-0.15, -0.1) is 0 Å². The molecule has 5 rings (SSSR count). The first-order valence-corrected chi connectivity index (χ1v) is 10.5. The molecule has 2 amide bonds. The van der Waals surface area contributed by atoms with Gasteiger partial charge in [-0.25, -0.2) is 4.90 Å². The summed E-state index contributed by atoms with van der Waals surface area (Å²) in [5, 5.41) is 3.38. The second-order valence-electron chi connectivity index (χ2n) is 8.04. The van der Waals surface area contributed by atoms with Gasteiger partial charge in [-0.05, 0) is 23.3 Å². The number of para-hydroxylation sites is 1. The first-order chi connectivity index (χ1) is 15.6. The molecule has 0 unspecified atom stereocenters. The van der Waals surface area contributed by atoms with Crippen molar-refractivity contribution in [3.63, 3.8) is 0 Å². The Morgan fingerprint density at radius 1 is 0.812 bits per heavy atom. The van der Waals surface area contributed by atoms with Gasteiger partial charge in [0.2, 0.25) is 11.8 Å². The summed E-state index contributed by atoms with van der Waals surface area (Å²) in [6, 6.07) is 26.9. The maximum atomic E-state index is 13.9. The van der Waals surface area contributed by atoms with Crippen LogP contribution in [0.2, 0.25) is 0 Å². The molecule has 6 heteroatoms. The molecule has 3 aromatic carbocycles. The third-order valence-electron chi connectivity index (χ3n) is 6.49. The highest BCUT2D eigenvalue weighted by atomic mass is 16.5. The van der Waals surface area contributed by atoms with E-state index in [1.54, 1.807) is 24.3 Å². The number of rotatable bonds is 4. The topological polar surface area (TPSA) is 75.7 Å². The van der Waals surface area contributed by atoms with E-state index in [1.807, 2.05) is 66.7 Å². The number of nitrogens with zero attached hydrogens (tertiary/aromatic N) is 1. The standard InChI is InChI=1S/C26H22N2O4/c1-32-25(31)22-20-21(24(30)28(23(20)29)19-15-9-4-10-16-19)26(27-22,17-11-5-2-6-12-17)18-13-7-3-8-14-18/h2-16,20-22,27H,1H3/t20-,21+,22-/m1/s1. The lowest BCUT2D eigenvalue weighted by Crippen LogP contribution is -2.51. The van der Waals surface area contributed by atoms with E-state index in [9.17, 15) is 14.4 Å². The average Bonchev–Trinajstić information content (AvgIpc) is 3.35. The fourth-order valence-corrected chi connectivity index (χ4v) is 5.17. The Morgan fingerprint density at radius 3 is 1.81 bits per heavy atom. The lowest BCUT2D eigenvalue weighted by molar-refractivity contribution is -0.145. The summed E-state index contributed by atoms with van der Waals surface area (Å²) in [6.45, 7) is 0. The molecule has 1 N–H and O–H groups in total. The second kappa shape index (κ2) is 7.73. The molecule has 2 saturated heterocycles. The predicted molar refractivity (Wildman–Crippen MR) is 119 cm³/mol. The number of benzene rings is 3. The Labute approximate surface area is 185 Å². The molecule has 2 aliphatic rings. The molecule has 3 atom stereocenters. The number of anilines is 1. The van der Waals surface area contributed by atoms with Gasteiger partial charge in [-0.1, -0.05) is 78.9 Å². The van der Waals surface area contributed by atoms with Crippen molar-refractivity contribution in [1.82, 2.24) is 5.32 Å². The van der Waals surface area contributed by atoms with Crippen molar-refractivity contribution in [2.45, 2.75) is 11.6 Å². The third-order valence-corrected chi connectivity index (χ3v) is 6.49. The lowest BCUT2D eigenvalue weighted by Gasteiger charge is -2.36. The molecule has 2 heterocycles. The van der Waals surface area contributed by atoms with Gasteiger partial charge in [-0.3, -0.25) is 19.7 Å². The average molecular weight is 426 g/mol. The summed E-state index contributed by atoms with van der Waals surface area (Å²) >= 11 is 0. The van der Waals surface area contributed by atoms with E-state index < -0.39 is 35.3 Å². The summed E-state index contributed by atoms with van der Waals surface area (Å²) in [5.41, 5.74) is 1.05. The molecule has 0 bridgehead atoms. The largest absolute Gasteiger partial charge is 0.468 e. The number of amides is 2. The van der Waals surface area contributed by atoms with Crippen molar-refractivity contribution < 1.29 is 19.1 Å². The van der Waals surface area contributed by atoms with E-state index in [4.69, 9.17) is 4.74 Å². The normalized spacial score (nSPS) is 23.8. The van der Waals surface area contributed by atoms with Crippen molar-refractivity contribution in [3.05, 3.63) is 102 Å². The number of nitrogens with one attached hydrogen (secondary N) is 1. The summed E-state index contributed by atoms with van der Waals surface area (Å²) in [4.78, 5) is 41.6. The molecule has 6 nitrogen and oxygen atoms in total. The van der Waals surface area contributed by atoms with E-state index in [0.29, 0.717) is 5.69 Å². The molecule has 0 aliphatic carbocycles. The van der Waals surface area contributed by atoms with Crippen molar-refractivity contribution in [1.29, 1.82) is 0 Å². The fraction of sp³-hybridized carbons (Fsp3) is 0.192. The lowest BCUT2D eigenvalue weighted by atomic mass is 9.72. The zero-order valence-corrected chi connectivity index (χ0v) is 17.5. The number of fused-ring (bicyclic) bond motifs is 1. The number of carbonyl (C=O) groups is 3. The monoisotopic (exact) mass is 426 g/mol. The van der Waals surface area contributed by atoms with E-state index in [0.717, 1.165) is 11.1 Å². The molecule has 160 valence electrons. The molecule has 2 fully saturated rings. The number of ether oxygens (including phenoxy) is 1. The van der Waals surface area contributed by atoms with Gasteiger partial charge in [0.1, 0.15) is 6.04 Å². The van der Waals surface area contributed by atoms with Crippen LogP contribution in [0.4, 0.5) is 5.69 Å². The number of hydrogen-bond donors (Lipinski definition) is 1. The van der Waals surface area contributed by atoms with E-state index in [-0.39, 0.29) is 5.91 Å². The Morgan fingerprint density at radius 2 is 1.31 bits per heavy atom. The number of imide groups is 1. The first kappa shape index (κ1) is 20.2. The van der Waals surface area contributed by atoms with Gasteiger partial charge in [0.15, 0.2) is 0 Å². The van der Waals surface area contributed by atoms with Crippen LogP contribution >= 0.6 is 0 Å². The zero-order chi connectivity index (χ0) is 22.3. The SMILES string of the molecule is COC(=O)[C@@H]1NC(c2ccccc2)(c2ccccc2)[C@@H]2C(=O)N(c3ccccc3)C(=O)[C@H]21. The van der Waals surface area contributed by atoms with Crippen molar-refractivity contribution in [2.24, 2.45) is 11.8 Å². The van der Waals surface area contributed by atoms with Crippen molar-refractivity contribution >= 4 is 23.5 Å². The number of esters is 1. The van der Waals surface area contributed by atoms with E-state index in [2.05, 4.69) is 5.32 Å². The van der Waals surface area contributed by atoms with Crippen LogP contribution < -0.4 is 10.2 Å². The van der Waals surface area contributed by atoms with Crippen molar-refractivity contribution in [2.75, 3.05) is 12.0 Å². The quantitative estimate of drug-likeness (QED) is 0.513. The van der Waals surface area contributed by atoms with Gasteiger partial charge in [-0.2, -0.15) is 0 Å². The Bertz CT molecular complexity index is 1120. The van der Waals surface area contributed by atoms with Crippen LogP contribution in [-0.4, -0.2) is 30.9 Å². The highest BCUT2D eigenvalue weighted by molar-refractivity contribution is 6.24. The summed E-state index contributed by atoms with van der Waals surface area (Å²) in [7, 11) is 1.29. The third kappa shape index (κ3) is 2.80. The van der Waals surface area contributed by atoms with Crippen LogP contribution in [0.5, 0.6) is 0 Å². The van der Waals surface area contributed by atoms with Gasteiger partial charge in [0.05, 0.1) is 30.2 Å². The number of carbonyl (C=O) groups excluding carboxylic acids is 3. The summed E-state index contributed by atoms with van der Waals surface area (Å²) < 4.78 is 5.05. The highest BCUT2D eigenvalue weighted by Crippen LogP contribution is 2.52. The van der Waals surface area contributed by atoms with Gasteiger partial charge >= 0.3 is 5.97 Å². The Kier molecular flexibility index (Phi) is 4.87. The minimum absolute atomic E-state index is 0.335. The molecular formula is C26H22N2O4. The van der Waals surface area contributed by atoms with Gasteiger partial charge in [0.25, 0.3) is 0 Å². The van der Waals surface area contributed by atoms with E-state index in [1.165, 1.54) is 12.0 Å². The maximum absolute atomic E-state index is 13.9. The molecule has 0 saturated carbocycles. The maximum Gasteiger partial charge on any atom is 0.323 e. The molecule has 3 aromatic rings. The van der Waals surface area contributed by atoms with Crippen LogP contribution in [0, 0.1) is 11.8 Å². The smallest absolute Gasteiger partial charge is 0.323 e. The fourth-order valence-electron chi connectivity index (χ4n) is 5.17. The van der Waals surface area contributed by atoms with Crippen LogP contribution in [0.15, 0.2) is 91.0 Å².